The number of nitrogens with zero attached hydrogens (tertiary/aromatic N) is 1. The second-order valence-corrected chi connectivity index (χ2v) is 4.98. The fourth-order valence-electron chi connectivity index (χ4n) is 2.03. The summed E-state index contributed by atoms with van der Waals surface area (Å²) < 4.78 is 10.5. The van der Waals surface area contributed by atoms with E-state index in [1.165, 1.54) is 6.42 Å². The van der Waals surface area contributed by atoms with E-state index < -0.39 is 0 Å². The fraction of sp³-hybridized carbons (Fsp3) is 0.533. The number of halogens is 1. The summed E-state index contributed by atoms with van der Waals surface area (Å²) in [6, 6.07) is 6.27. The molecule has 1 aliphatic rings. The van der Waals surface area contributed by atoms with Crippen molar-refractivity contribution in [2.75, 3.05) is 26.1 Å². The number of methoxy groups -OCH3 is 2. The van der Waals surface area contributed by atoms with E-state index in [4.69, 9.17) is 9.47 Å². The Kier molecular flexibility index (Phi) is 7.07. The van der Waals surface area contributed by atoms with Crippen molar-refractivity contribution < 1.29 is 9.47 Å². The molecule has 0 amide bonds. The molecule has 1 aliphatic carbocycles. The van der Waals surface area contributed by atoms with Gasteiger partial charge >= 0.3 is 0 Å². The summed E-state index contributed by atoms with van der Waals surface area (Å²) in [6.45, 7) is 5.00. The molecule has 0 heterocycles. The lowest BCUT2D eigenvalue weighted by Gasteiger charge is -2.14. The summed E-state index contributed by atoms with van der Waals surface area (Å²) in [6.07, 6.45) is 1.20. The highest BCUT2D eigenvalue weighted by atomic mass is 127. The number of guanidine groups is 1. The normalized spacial score (nSPS) is 20.3. The zero-order chi connectivity index (χ0) is 14.5. The number of aliphatic imine (C=N–C) groups is 1. The van der Waals surface area contributed by atoms with E-state index in [1.54, 1.807) is 14.2 Å². The molecule has 5 nitrogen and oxygen atoms in total. The average Bonchev–Trinajstić information content (AvgIpc) is 3.14. The summed E-state index contributed by atoms with van der Waals surface area (Å²) in [5, 5.41) is 6.72. The Labute approximate surface area is 143 Å². The second kappa shape index (κ2) is 8.31. The van der Waals surface area contributed by atoms with Gasteiger partial charge in [-0.15, -0.1) is 24.0 Å². The van der Waals surface area contributed by atoms with Crippen molar-refractivity contribution in [1.29, 1.82) is 0 Å². The number of ether oxygens (including phenoxy) is 2. The monoisotopic (exact) mass is 405 g/mol. The van der Waals surface area contributed by atoms with Gasteiger partial charge in [0.2, 0.25) is 0 Å². The molecule has 0 aliphatic heterocycles. The number of benzene rings is 1. The Morgan fingerprint density at radius 3 is 2.48 bits per heavy atom. The van der Waals surface area contributed by atoms with Gasteiger partial charge in [0.1, 0.15) is 0 Å². The average molecular weight is 405 g/mol. The molecule has 0 spiro atoms. The molecule has 1 aromatic carbocycles. The summed E-state index contributed by atoms with van der Waals surface area (Å²) >= 11 is 0. The summed E-state index contributed by atoms with van der Waals surface area (Å²) in [7, 11) is 3.26. The molecule has 1 fully saturated rings. The van der Waals surface area contributed by atoms with E-state index >= 15 is 0 Å². The van der Waals surface area contributed by atoms with Gasteiger partial charge in [-0.05, 0) is 31.4 Å². The molecule has 2 N–H and O–H groups in total. The first-order chi connectivity index (χ1) is 9.67. The van der Waals surface area contributed by atoms with Gasteiger partial charge in [-0.25, -0.2) is 0 Å². The van der Waals surface area contributed by atoms with Gasteiger partial charge in [-0.2, -0.15) is 0 Å². The number of hydrogen-bond acceptors (Lipinski definition) is 3. The van der Waals surface area contributed by atoms with Gasteiger partial charge < -0.3 is 20.1 Å². The predicted octanol–water partition coefficient (Wildman–Crippen LogP) is 3.11. The maximum atomic E-state index is 5.30. The Balaban J connectivity index is 0.00000220. The molecule has 0 radical (unpaired) electrons. The fourth-order valence-corrected chi connectivity index (χ4v) is 2.03. The lowest BCUT2D eigenvalue weighted by atomic mass is 10.2. The van der Waals surface area contributed by atoms with Crippen molar-refractivity contribution in [3.63, 3.8) is 0 Å². The van der Waals surface area contributed by atoms with E-state index in [2.05, 4.69) is 22.5 Å². The SMILES string of the molecule is CCN=C(Nc1ccc(OC)c(OC)c1)NC1CC1C.I. The van der Waals surface area contributed by atoms with Crippen molar-refractivity contribution >= 4 is 35.6 Å². The van der Waals surface area contributed by atoms with E-state index in [0.29, 0.717) is 11.8 Å². The Hall–Kier alpha value is -1.18. The Morgan fingerprint density at radius 2 is 1.95 bits per heavy atom. The number of anilines is 1. The van der Waals surface area contributed by atoms with Crippen molar-refractivity contribution in [3.8, 4) is 11.5 Å². The summed E-state index contributed by atoms with van der Waals surface area (Å²) in [5.41, 5.74) is 0.927. The molecule has 0 aromatic heterocycles. The second-order valence-electron chi connectivity index (χ2n) is 4.98. The largest absolute Gasteiger partial charge is 0.493 e. The molecule has 118 valence electrons. The Bertz CT molecular complexity index is 494. The number of rotatable bonds is 5. The van der Waals surface area contributed by atoms with Crippen LogP contribution in [0, 0.1) is 5.92 Å². The first-order valence-electron chi connectivity index (χ1n) is 6.98. The minimum atomic E-state index is 0. The number of hydrogen-bond donors (Lipinski definition) is 2. The zero-order valence-corrected chi connectivity index (χ0v) is 15.3. The molecule has 0 saturated heterocycles. The smallest absolute Gasteiger partial charge is 0.196 e. The lowest BCUT2D eigenvalue weighted by Crippen LogP contribution is -2.33. The van der Waals surface area contributed by atoms with Gasteiger partial charge in [0.15, 0.2) is 17.5 Å². The third kappa shape index (κ3) is 4.94. The third-order valence-corrected chi connectivity index (χ3v) is 3.39. The summed E-state index contributed by atoms with van der Waals surface area (Å²) in [5.74, 6) is 2.96. The standard InChI is InChI=1S/C15H23N3O2.HI/c1-5-16-15(18-12-8-10(12)2)17-11-6-7-13(19-3)14(9-11)20-4;/h6-7,9-10,12H,5,8H2,1-4H3,(H2,16,17,18);1H. The maximum Gasteiger partial charge on any atom is 0.196 e. The first-order valence-corrected chi connectivity index (χ1v) is 6.98. The van der Waals surface area contributed by atoms with E-state index in [9.17, 15) is 0 Å². The van der Waals surface area contributed by atoms with Gasteiger partial charge in [0.05, 0.1) is 14.2 Å². The molecule has 2 atom stereocenters. The molecule has 2 rings (SSSR count). The van der Waals surface area contributed by atoms with E-state index in [-0.39, 0.29) is 24.0 Å². The van der Waals surface area contributed by atoms with Gasteiger partial charge in [0, 0.05) is 24.3 Å². The zero-order valence-electron chi connectivity index (χ0n) is 13.0. The van der Waals surface area contributed by atoms with Gasteiger partial charge in [-0.3, -0.25) is 4.99 Å². The quantitative estimate of drug-likeness (QED) is 0.449. The minimum Gasteiger partial charge on any atom is -0.493 e. The van der Waals surface area contributed by atoms with E-state index in [0.717, 1.165) is 29.9 Å². The maximum absolute atomic E-state index is 5.30. The van der Waals surface area contributed by atoms with Crippen LogP contribution >= 0.6 is 24.0 Å². The minimum absolute atomic E-state index is 0. The molecule has 1 aromatic rings. The van der Waals surface area contributed by atoms with Crippen molar-refractivity contribution in [2.24, 2.45) is 10.9 Å². The van der Waals surface area contributed by atoms with E-state index in [1.807, 2.05) is 25.1 Å². The van der Waals surface area contributed by atoms with Crippen LogP contribution in [-0.2, 0) is 0 Å². The predicted molar refractivity (Wildman–Crippen MR) is 97.3 cm³/mol. The van der Waals surface area contributed by atoms with Crippen LogP contribution in [0.1, 0.15) is 20.3 Å². The number of nitrogens with one attached hydrogen (secondary N) is 2. The van der Waals surface area contributed by atoms with Crippen LogP contribution in [0.4, 0.5) is 5.69 Å². The van der Waals surface area contributed by atoms with Crippen molar-refractivity contribution in [2.45, 2.75) is 26.3 Å². The highest BCUT2D eigenvalue weighted by Gasteiger charge is 2.33. The lowest BCUT2D eigenvalue weighted by molar-refractivity contribution is 0.355. The highest BCUT2D eigenvalue weighted by molar-refractivity contribution is 14.0. The molecular weight excluding hydrogens is 381 g/mol. The third-order valence-electron chi connectivity index (χ3n) is 3.39. The van der Waals surface area contributed by atoms with Gasteiger partial charge in [0.25, 0.3) is 0 Å². The molecule has 6 heteroatoms. The van der Waals surface area contributed by atoms with Crippen LogP contribution in [0.5, 0.6) is 11.5 Å². The molecule has 2 unspecified atom stereocenters. The summed E-state index contributed by atoms with van der Waals surface area (Å²) in [4.78, 5) is 4.45. The topological polar surface area (TPSA) is 54.9 Å². The molecule has 21 heavy (non-hydrogen) atoms. The van der Waals surface area contributed by atoms with Gasteiger partial charge in [-0.1, -0.05) is 6.92 Å². The van der Waals surface area contributed by atoms with Crippen molar-refractivity contribution in [3.05, 3.63) is 18.2 Å². The Morgan fingerprint density at radius 1 is 1.29 bits per heavy atom. The van der Waals surface area contributed by atoms with Crippen LogP contribution in [0.2, 0.25) is 0 Å². The molecule has 1 saturated carbocycles. The first kappa shape index (κ1) is 17.9. The highest BCUT2D eigenvalue weighted by Crippen LogP contribution is 2.31. The van der Waals surface area contributed by atoms with Crippen molar-refractivity contribution in [1.82, 2.24) is 5.32 Å². The van der Waals surface area contributed by atoms with Crippen LogP contribution in [0.3, 0.4) is 0 Å². The van der Waals surface area contributed by atoms with Crippen LogP contribution in [0.15, 0.2) is 23.2 Å². The molecular formula is C15H24IN3O2. The van der Waals surface area contributed by atoms with Crippen LogP contribution in [-0.4, -0.2) is 32.8 Å². The van der Waals surface area contributed by atoms with Crippen LogP contribution in [0.25, 0.3) is 0 Å². The van der Waals surface area contributed by atoms with Crippen LogP contribution < -0.4 is 20.1 Å². The molecule has 0 bridgehead atoms.